The number of alkyl halides is 2. The van der Waals surface area contributed by atoms with Gasteiger partial charge in [0.15, 0.2) is 23.0 Å². The van der Waals surface area contributed by atoms with E-state index >= 15 is 0 Å². The first-order valence-corrected chi connectivity index (χ1v) is 14.3. The van der Waals surface area contributed by atoms with Gasteiger partial charge in [0.2, 0.25) is 0 Å². The molecule has 1 aromatic heterocycles. The van der Waals surface area contributed by atoms with Crippen molar-refractivity contribution in [3.05, 3.63) is 79.7 Å². The van der Waals surface area contributed by atoms with Gasteiger partial charge in [-0.25, -0.2) is 4.79 Å². The highest BCUT2D eigenvalue weighted by Crippen LogP contribution is 2.38. The van der Waals surface area contributed by atoms with Gasteiger partial charge in [0.25, 0.3) is 5.56 Å². The Kier molecular flexibility index (Phi) is 9.43. The standard InChI is InChI=1S/C30H29Cl2F2NO7/c1-38-22-8-6-18(10-25(22)39-14-16-2-3-16)24(12-20-21(31)13-35-28(36)27(20)32)41-29(37)19-7-9-23(42-30(33)34)26(11-19)40-15-17-4-5-17/h6-11,13,16-17,24,30H,2-5,12,14-15H2,1H3,(H,35,36). The summed E-state index contributed by atoms with van der Waals surface area (Å²) in [5.41, 5.74) is 0.321. The number of pyridine rings is 1. The average molecular weight is 624 g/mol. The van der Waals surface area contributed by atoms with Crippen molar-refractivity contribution in [3.8, 4) is 23.0 Å². The van der Waals surface area contributed by atoms with Crippen LogP contribution in [0.15, 0.2) is 47.4 Å². The smallest absolute Gasteiger partial charge is 0.387 e. The third kappa shape index (κ3) is 7.66. The summed E-state index contributed by atoms with van der Waals surface area (Å²) >= 11 is 12.7. The zero-order chi connectivity index (χ0) is 29.8. The number of rotatable bonds is 14. The van der Waals surface area contributed by atoms with Crippen molar-refractivity contribution in [1.29, 1.82) is 0 Å². The summed E-state index contributed by atoms with van der Waals surface area (Å²) in [6.07, 6.45) is 4.44. The van der Waals surface area contributed by atoms with Crippen molar-refractivity contribution in [1.82, 2.24) is 4.98 Å². The zero-order valence-electron chi connectivity index (χ0n) is 22.7. The quantitative estimate of drug-likeness (QED) is 0.193. The fraction of sp³-hybridized carbons (Fsp3) is 0.400. The van der Waals surface area contributed by atoms with Crippen molar-refractivity contribution in [2.75, 3.05) is 20.3 Å². The van der Waals surface area contributed by atoms with E-state index in [9.17, 15) is 18.4 Å². The molecule has 1 unspecified atom stereocenters. The Bertz CT molecular complexity index is 1490. The molecule has 2 saturated carbocycles. The van der Waals surface area contributed by atoms with Gasteiger partial charge in [-0.15, -0.1) is 0 Å². The maximum absolute atomic E-state index is 13.5. The Balaban J connectivity index is 1.46. The van der Waals surface area contributed by atoms with Crippen LogP contribution in [0.25, 0.3) is 0 Å². The van der Waals surface area contributed by atoms with Crippen LogP contribution in [0, 0.1) is 11.8 Å². The Morgan fingerprint density at radius 3 is 2.21 bits per heavy atom. The van der Waals surface area contributed by atoms with E-state index in [2.05, 4.69) is 9.72 Å². The number of benzene rings is 2. The van der Waals surface area contributed by atoms with E-state index in [0.29, 0.717) is 42.1 Å². The second-order valence-electron chi connectivity index (χ2n) is 10.3. The van der Waals surface area contributed by atoms with Gasteiger partial charge in [0.05, 0.1) is 30.9 Å². The minimum atomic E-state index is -3.06. The number of ether oxygens (including phenoxy) is 5. The van der Waals surface area contributed by atoms with Gasteiger partial charge in [0.1, 0.15) is 11.1 Å². The molecule has 2 aromatic carbocycles. The van der Waals surface area contributed by atoms with E-state index < -0.39 is 24.2 Å². The predicted octanol–water partition coefficient (Wildman–Crippen LogP) is 7.01. The van der Waals surface area contributed by atoms with Crippen molar-refractivity contribution in [2.24, 2.45) is 11.8 Å². The Hall–Kier alpha value is -3.50. The highest BCUT2D eigenvalue weighted by molar-refractivity contribution is 6.35. The molecule has 2 fully saturated rings. The Morgan fingerprint density at radius 1 is 0.952 bits per heavy atom. The topological polar surface area (TPSA) is 96.1 Å². The maximum Gasteiger partial charge on any atom is 0.387 e. The van der Waals surface area contributed by atoms with Gasteiger partial charge in [-0.3, -0.25) is 4.79 Å². The summed E-state index contributed by atoms with van der Waals surface area (Å²) in [7, 11) is 1.52. The largest absolute Gasteiger partial charge is 0.493 e. The number of carbonyl (C=O) groups excluding carboxylic acids is 1. The molecule has 0 amide bonds. The lowest BCUT2D eigenvalue weighted by Crippen LogP contribution is -2.17. The van der Waals surface area contributed by atoms with E-state index in [0.717, 1.165) is 25.7 Å². The fourth-order valence-electron chi connectivity index (χ4n) is 4.25. The first kappa shape index (κ1) is 30.0. The number of aromatic amines is 1. The van der Waals surface area contributed by atoms with Crippen LogP contribution in [0.5, 0.6) is 23.0 Å². The minimum absolute atomic E-state index is 0.00842. The third-order valence-corrected chi connectivity index (χ3v) is 7.76. The molecule has 2 aliphatic carbocycles. The second kappa shape index (κ2) is 13.2. The summed E-state index contributed by atoms with van der Waals surface area (Å²) in [6.45, 7) is -2.23. The lowest BCUT2D eigenvalue weighted by molar-refractivity contribution is -0.0515. The number of aromatic nitrogens is 1. The number of hydrogen-bond donors (Lipinski definition) is 1. The van der Waals surface area contributed by atoms with Crippen LogP contribution in [0.4, 0.5) is 8.78 Å². The van der Waals surface area contributed by atoms with E-state index in [4.69, 9.17) is 42.1 Å². The highest BCUT2D eigenvalue weighted by Gasteiger charge is 2.27. The van der Waals surface area contributed by atoms with Gasteiger partial charge in [-0.1, -0.05) is 29.3 Å². The van der Waals surface area contributed by atoms with Gasteiger partial charge < -0.3 is 28.7 Å². The summed E-state index contributed by atoms with van der Waals surface area (Å²) in [6, 6.07) is 8.97. The molecule has 0 aliphatic heterocycles. The van der Waals surface area contributed by atoms with Crippen LogP contribution in [0.3, 0.4) is 0 Å². The number of halogens is 4. The molecular weight excluding hydrogens is 595 g/mol. The Labute approximate surface area is 250 Å². The molecule has 2 aliphatic rings. The van der Waals surface area contributed by atoms with Crippen LogP contribution >= 0.6 is 23.2 Å². The molecule has 0 saturated heterocycles. The molecule has 1 heterocycles. The minimum Gasteiger partial charge on any atom is -0.493 e. The van der Waals surface area contributed by atoms with E-state index in [1.165, 1.54) is 31.5 Å². The highest BCUT2D eigenvalue weighted by atomic mass is 35.5. The van der Waals surface area contributed by atoms with E-state index in [1.807, 2.05) is 0 Å². The second-order valence-corrected chi connectivity index (χ2v) is 11.1. The first-order valence-electron chi connectivity index (χ1n) is 13.5. The number of carbonyl (C=O) groups is 1. The summed E-state index contributed by atoms with van der Waals surface area (Å²) in [5, 5.41) is 0.0511. The van der Waals surface area contributed by atoms with E-state index in [1.54, 1.807) is 18.2 Å². The molecule has 5 rings (SSSR count). The molecule has 1 N–H and O–H groups in total. The third-order valence-electron chi connectivity index (χ3n) is 7.02. The molecule has 8 nitrogen and oxygen atoms in total. The average Bonchev–Trinajstić information content (AvgIpc) is 3.90. The number of nitrogens with one attached hydrogen (secondary N) is 1. The van der Waals surface area contributed by atoms with Crippen molar-refractivity contribution in [3.63, 3.8) is 0 Å². The van der Waals surface area contributed by atoms with Crippen LogP contribution in [0.2, 0.25) is 10.0 Å². The maximum atomic E-state index is 13.5. The molecule has 42 heavy (non-hydrogen) atoms. The van der Waals surface area contributed by atoms with Crippen molar-refractivity contribution < 1.29 is 37.3 Å². The summed E-state index contributed by atoms with van der Waals surface area (Å²) in [4.78, 5) is 28.2. The van der Waals surface area contributed by atoms with Crippen LogP contribution in [0.1, 0.15) is 53.3 Å². The molecule has 1 atom stereocenters. The number of H-pyrrole nitrogens is 1. The van der Waals surface area contributed by atoms with Crippen LogP contribution in [-0.2, 0) is 11.2 Å². The lowest BCUT2D eigenvalue weighted by Gasteiger charge is -2.21. The normalized spacial score (nSPS) is 15.3. The Morgan fingerprint density at radius 2 is 1.60 bits per heavy atom. The van der Waals surface area contributed by atoms with Gasteiger partial charge in [0, 0.05) is 18.2 Å². The van der Waals surface area contributed by atoms with Gasteiger partial charge in [-0.2, -0.15) is 8.78 Å². The van der Waals surface area contributed by atoms with Gasteiger partial charge in [-0.05, 0) is 73.4 Å². The monoisotopic (exact) mass is 623 g/mol. The molecule has 0 bridgehead atoms. The van der Waals surface area contributed by atoms with Crippen LogP contribution < -0.4 is 24.5 Å². The van der Waals surface area contributed by atoms with Crippen LogP contribution in [-0.4, -0.2) is 37.9 Å². The summed E-state index contributed by atoms with van der Waals surface area (Å²) < 4.78 is 53.7. The number of methoxy groups -OCH3 is 1. The molecule has 224 valence electrons. The number of esters is 1. The SMILES string of the molecule is COc1ccc(C(Cc2c(Cl)c[nH]c(=O)c2Cl)OC(=O)c2ccc(OC(F)F)c(OCC3CC3)c2)cc1OCC1CC1. The van der Waals surface area contributed by atoms with E-state index in [-0.39, 0.29) is 39.1 Å². The number of hydrogen-bond acceptors (Lipinski definition) is 7. The molecule has 0 radical (unpaired) electrons. The molecular formula is C30H29Cl2F2NO7. The zero-order valence-corrected chi connectivity index (χ0v) is 24.2. The lowest BCUT2D eigenvalue weighted by atomic mass is 10.0. The summed E-state index contributed by atoms with van der Waals surface area (Å²) in [5.74, 6) is 0.836. The van der Waals surface area contributed by atoms with Crippen molar-refractivity contribution >= 4 is 29.2 Å². The fourth-order valence-corrected chi connectivity index (χ4v) is 4.76. The molecule has 0 spiro atoms. The first-order chi connectivity index (χ1) is 20.2. The molecule has 3 aromatic rings. The van der Waals surface area contributed by atoms with Gasteiger partial charge >= 0.3 is 12.6 Å². The molecule has 12 heteroatoms. The van der Waals surface area contributed by atoms with Crippen molar-refractivity contribution in [2.45, 2.75) is 44.8 Å². The predicted molar refractivity (Wildman–Crippen MR) is 151 cm³/mol.